The molecule has 0 aliphatic heterocycles. The van der Waals surface area contributed by atoms with Crippen molar-refractivity contribution in [3.8, 4) is 0 Å². The molecule has 77 heavy (non-hydrogen) atoms. The maximum atomic E-state index is 12.8. The van der Waals surface area contributed by atoms with Crippen LogP contribution in [0.3, 0.4) is 0 Å². The summed E-state index contributed by atoms with van der Waals surface area (Å²) in [6.45, 7) is 6.16. The fraction of sp³-hybridized carbons (Fsp3) is 0.563. The van der Waals surface area contributed by atoms with E-state index in [0.29, 0.717) is 19.3 Å². The molecule has 0 N–H and O–H groups in total. The van der Waals surface area contributed by atoms with Crippen molar-refractivity contribution in [2.24, 2.45) is 0 Å². The predicted octanol–water partition coefficient (Wildman–Crippen LogP) is 21.1. The summed E-state index contributed by atoms with van der Waals surface area (Å²) in [5, 5.41) is 0. The molecule has 1 atom stereocenters. The van der Waals surface area contributed by atoms with E-state index in [1.54, 1.807) is 0 Å². The Morgan fingerprint density at radius 1 is 0.260 bits per heavy atom. The standard InChI is InChI=1S/C71H110O6/c1-4-7-10-13-16-19-22-25-27-29-31-32-33-34-35-36-37-38-40-41-43-46-49-52-55-58-61-64-70(73)76-67-68(66-75-69(72)63-60-57-54-51-48-45-24-21-18-15-12-9-6-3)77-71(74)65-62-59-56-53-50-47-44-42-39-30-28-26-23-20-17-14-11-8-5-2/h7-12,16-21,25-28,31-32,39,42,45,47-48,50,54,56-57,59,68H,4-6,13-15,22-24,29-30,33-38,40-41,43-44,46,49,51-53,55,58,60-67H2,1-3H3/b10-7-,11-8-,12-9-,19-16-,20-17-,21-18-,27-25-,28-26-,32-31-,42-39-,48-45-,50-47-,57-54-,59-56-. The van der Waals surface area contributed by atoms with Gasteiger partial charge in [0, 0.05) is 19.3 Å². The minimum atomic E-state index is -0.856. The van der Waals surface area contributed by atoms with Crippen LogP contribution >= 0.6 is 0 Å². The van der Waals surface area contributed by atoms with Gasteiger partial charge in [0.2, 0.25) is 0 Å². The Bertz CT molecular complexity index is 1790. The van der Waals surface area contributed by atoms with Crippen LogP contribution in [0.15, 0.2) is 170 Å². The third kappa shape index (κ3) is 61.5. The van der Waals surface area contributed by atoms with Crippen molar-refractivity contribution >= 4 is 17.9 Å². The highest BCUT2D eigenvalue weighted by atomic mass is 16.6. The van der Waals surface area contributed by atoms with Gasteiger partial charge < -0.3 is 14.2 Å². The number of hydrogen-bond donors (Lipinski definition) is 0. The molecule has 0 aromatic heterocycles. The van der Waals surface area contributed by atoms with Crippen molar-refractivity contribution in [2.45, 2.75) is 245 Å². The van der Waals surface area contributed by atoms with Gasteiger partial charge in [0.1, 0.15) is 13.2 Å². The Morgan fingerprint density at radius 2 is 0.494 bits per heavy atom. The monoisotopic (exact) mass is 1060 g/mol. The van der Waals surface area contributed by atoms with Crippen molar-refractivity contribution in [3.05, 3.63) is 170 Å². The largest absolute Gasteiger partial charge is 0.462 e. The highest BCUT2D eigenvalue weighted by Crippen LogP contribution is 2.15. The fourth-order valence-electron chi connectivity index (χ4n) is 7.77. The van der Waals surface area contributed by atoms with Crippen molar-refractivity contribution in [2.75, 3.05) is 13.2 Å². The lowest BCUT2D eigenvalue weighted by Crippen LogP contribution is -2.30. The van der Waals surface area contributed by atoms with E-state index >= 15 is 0 Å². The molecule has 0 amide bonds. The summed E-state index contributed by atoms with van der Waals surface area (Å²) in [4.78, 5) is 38.2. The van der Waals surface area contributed by atoms with Crippen molar-refractivity contribution in [3.63, 3.8) is 0 Å². The maximum absolute atomic E-state index is 12.8. The number of esters is 3. The van der Waals surface area contributed by atoms with Gasteiger partial charge in [-0.2, -0.15) is 0 Å². The van der Waals surface area contributed by atoms with Crippen LogP contribution in [0.4, 0.5) is 0 Å². The third-order valence-electron chi connectivity index (χ3n) is 12.2. The van der Waals surface area contributed by atoms with Gasteiger partial charge in [-0.1, -0.05) is 268 Å². The molecule has 0 radical (unpaired) electrons. The number of carbonyl (C=O) groups is 3. The molecule has 0 heterocycles. The van der Waals surface area contributed by atoms with E-state index in [4.69, 9.17) is 14.2 Å². The Morgan fingerprint density at radius 3 is 0.805 bits per heavy atom. The topological polar surface area (TPSA) is 78.9 Å². The number of carbonyl (C=O) groups excluding carboxylic acids is 3. The lowest BCUT2D eigenvalue weighted by molar-refractivity contribution is -0.166. The van der Waals surface area contributed by atoms with Crippen LogP contribution in [0.1, 0.15) is 239 Å². The van der Waals surface area contributed by atoms with Crippen molar-refractivity contribution in [1.82, 2.24) is 0 Å². The van der Waals surface area contributed by atoms with E-state index in [1.807, 2.05) is 24.3 Å². The van der Waals surface area contributed by atoms with Gasteiger partial charge in [-0.3, -0.25) is 14.4 Å². The first-order chi connectivity index (χ1) is 38.0. The third-order valence-corrected chi connectivity index (χ3v) is 12.2. The van der Waals surface area contributed by atoms with Crippen LogP contribution in [0.2, 0.25) is 0 Å². The van der Waals surface area contributed by atoms with Gasteiger partial charge in [0.15, 0.2) is 6.10 Å². The molecule has 0 aromatic carbocycles. The fourth-order valence-corrected chi connectivity index (χ4v) is 7.77. The summed E-state index contributed by atoms with van der Waals surface area (Å²) in [5.41, 5.74) is 0. The summed E-state index contributed by atoms with van der Waals surface area (Å²) >= 11 is 0. The minimum absolute atomic E-state index is 0.138. The summed E-state index contributed by atoms with van der Waals surface area (Å²) in [6.07, 6.45) is 93.9. The maximum Gasteiger partial charge on any atom is 0.306 e. The van der Waals surface area contributed by atoms with Gasteiger partial charge in [0.25, 0.3) is 0 Å². The van der Waals surface area contributed by atoms with Crippen LogP contribution in [-0.4, -0.2) is 37.2 Å². The molecule has 1 unspecified atom stereocenters. The van der Waals surface area contributed by atoms with E-state index in [9.17, 15) is 14.4 Å². The Hall–Kier alpha value is -5.23. The van der Waals surface area contributed by atoms with Crippen LogP contribution in [0, 0.1) is 0 Å². The number of rotatable bonds is 53. The lowest BCUT2D eigenvalue weighted by Gasteiger charge is -2.18. The zero-order valence-electron chi connectivity index (χ0n) is 49.1. The Kier molecular flexibility index (Phi) is 59.0. The SMILES string of the molecule is CC/C=C\C/C=C\C/C=C\C/C=C\C/C=C\C/C=C\CCC(=O)OC(COC(=O)CC/C=C\C/C=C\C/C=C\C/C=C\CC)COC(=O)CCCCCCCCCCCCCCCC/C=C\C/C=C\C/C=C\C/C=C\CC. The van der Waals surface area contributed by atoms with E-state index in [1.165, 1.54) is 77.0 Å². The first kappa shape index (κ1) is 71.8. The molecule has 0 spiro atoms. The second-order valence-electron chi connectivity index (χ2n) is 19.5. The van der Waals surface area contributed by atoms with Crippen LogP contribution < -0.4 is 0 Å². The molecule has 430 valence electrons. The zero-order valence-corrected chi connectivity index (χ0v) is 49.1. The molecule has 0 aromatic rings. The highest BCUT2D eigenvalue weighted by Gasteiger charge is 2.19. The van der Waals surface area contributed by atoms with E-state index in [-0.39, 0.29) is 38.0 Å². The second-order valence-corrected chi connectivity index (χ2v) is 19.5. The van der Waals surface area contributed by atoms with Gasteiger partial charge in [-0.05, 0) is 122 Å². The van der Waals surface area contributed by atoms with Crippen LogP contribution in [0.5, 0.6) is 0 Å². The molecule has 0 bridgehead atoms. The molecular formula is C71H110O6. The second kappa shape index (κ2) is 63.3. The predicted molar refractivity (Wildman–Crippen MR) is 334 cm³/mol. The average Bonchev–Trinajstić information content (AvgIpc) is 3.43. The van der Waals surface area contributed by atoms with Gasteiger partial charge in [0.05, 0.1) is 0 Å². The average molecular weight is 1060 g/mol. The smallest absolute Gasteiger partial charge is 0.306 e. The van der Waals surface area contributed by atoms with Crippen molar-refractivity contribution < 1.29 is 28.6 Å². The highest BCUT2D eigenvalue weighted by molar-refractivity contribution is 5.71. The minimum Gasteiger partial charge on any atom is -0.462 e. The molecule has 0 rings (SSSR count). The number of allylic oxidation sites excluding steroid dienone is 28. The Balaban J connectivity index is 4.45. The quantitative estimate of drug-likeness (QED) is 0.0261. The molecule has 0 saturated carbocycles. The van der Waals surface area contributed by atoms with Crippen LogP contribution in [-0.2, 0) is 28.6 Å². The summed E-state index contributed by atoms with van der Waals surface area (Å²) in [6, 6.07) is 0. The number of hydrogen-bond acceptors (Lipinski definition) is 6. The van der Waals surface area contributed by atoms with Gasteiger partial charge in [-0.25, -0.2) is 0 Å². The van der Waals surface area contributed by atoms with E-state index < -0.39 is 12.1 Å². The van der Waals surface area contributed by atoms with Crippen LogP contribution in [0.25, 0.3) is 0 Å². The van der Waals surface area contributed by atoms with E-state index in [2.05, 4.69) is 167 Å². The summed E-state index contributed by atoms with van der Waals surface area (Å²) in [5.74, 6) is -1.12. The molecule has 0 aliphatic rings. The molecule has 6 heteroatoms. The van der Waals surface area contributed by atoms with Gasteiger partial charge >= 0.3 is 17.9 Å². The first-order valence-corrected chi connectivity index (χ1v) is 30.6. The molecule has 6 nitrogen and oxygen atoms in total. The lowest BCUT2D eigenvalue weighted by atomic mass is 10.0. The Labute approximate surface area is 472 Å². The number of ether oxygens (including phenoxy) is 3. The van der Waals surface area contributed by atoms with Crippen molar-refractivity contribution in [1.29, 1.82) is 0 Å². The normalized spacial score (nSPS) is 13.3. The summed E-state index contributed by atoms with van der Waals surface area (Å²) < 4.78 is 16.7. The molecule has 0 aliphatic carbocycles. The van der Waals surface area contributed by atoms with Gasteiger partial charge in [-0.15, -0.1) is 0 Å². The zero-order chi connectivity index (χ0) is 55.7. The van der Waals surface area contributed by atoms with E-state index in [0.717, 1.165) is 109 Å². The number of unbranched alkanes of at least 4 members (excludes halogenated alkanes) is 14. The summed E-state index contributed by atoms with van der Waals surface area (Å²) in [7, 11) is 0. The first-order valence-electron chi connectivity index (χ1n) is 30.6. The molecular weight excluding hydrogens is 949 g/mol. The molecule has 0 saturated heterocycles. The molecule has 0 fully saturated rings.